The predicted molar refractivity (Wildman–Crippen MR) is 77.5 cm³/mol. The highest BCUT2D eigenvalue weighted by Gasteiger charge is 2.51. The highest BCUT2D eigenvalue weighted by molar-refractivity contribution is 7.17. The lowest BCUT2D eigenvalue weighted by atomic mass is 9.79. The Labute approximate surface area is 112 Å². The van der Waals surface area contributed by atoms with Crippen molar-refractivity contribution in [3.63, 3.8) is 0 Å². The van der Waals surface area contributed by atoms with Gasteiger partial charge in [-0.2, -0.15) is 0 Å². The molecule has 2 nitrogen and oxygen atoms in total. The minimum absolute atomic E-state index is 0.263. The van der Waals surface area contributed by atoms with Crippen LogP contribution in [-0.2, 0) is 9.31 Å². The number of thiophene rings is 1. The van der Waals surface area contributed by atoms with E-state index in [2.05, 4.69) is 57.3 Å². The van der Waals surface area contributed by atoms with Crippen molar-refractivity contribution in [1.82, 2.24) is 0 Å². The minimum atomic E-state index is -0.276. The van der Waals surface area contributed by atoms with Crippen LogP contribution in [0.2, 0.25) is 0 Å². The fourth-order valence-corrected chi connectivity index (χ4v) is 2.93. The predicted octanol–water partition coefficient (Wildman–Crippen LogP) is 3.20. The third-order valence-corrected chi connectivity index (χ3v) is 4.89. The van der Waals surface area contributed by atoms with Crippen LogP contribution in [0, 0.1) is 0 Å². The molecule has 18 heavy (non-hydrogen) atoms. The van der Waals surface area contributed by atoms with Gasteiger partial charge in [-0.3, -0.25) is 0 Å². The van der Waals surface area contributed by atoms with Gasteiger partial charge in [-0.05, 0) is 56.1 Å². The number of rotatable bonds is 1. The topological polar surface area (TPSA) is 18.5 Å². The zero-order chi connectivity index (χ0) is 13.0. The monoisotopic (exact) mass is 260 g/mol. The summed E-state index contributed by atoms with van der Waals surface area (Å²) in [6.45, 7) is 8.32. The van der Waals surface area contributed by atoms with Gasteiger partial charge in [0, 0.05) is 4.70 Å². The van der Waals surface area contributed by atoms with E-state index in [1.165, 1.54) is 10.1 Å². The van der Waals surface area contributed by atoms with E-state index in [-0.39, 0.29) is 18.3 Å². The Balaban J connectivity index is 1.96. The van der Waals surface area contributed by atoms with E-state index in [0.29, 0.717) is 0 Å². The fraction of sp³-hybridized carbons (Fsp3) is 0.429. The lowest BCUT2D eigenvalue weighted by Crippen LogP contribution is -2.41. The molecule has 2 aromatic rings. The van der Waals surface area contributed by atoms with Crippen LogP contribution >= 0.6 is 11.3 Å². The Morgan fingerprint density at radius 1 is 1.00 bits per heavy atom. The van der Waals surface area contributed by atoms with Crippen LogP contribution in [0.5, 0.6) is 0 Å². The smallest absolute Gasteiger partial charge is 0.399 e. The molecule has 0 amide bonds. The average molecular weight is 260 g/mol. The molecule has 1 fully saturated rings. The van der Waals surface area contributed by atoms with Crippen molar-refractivity contribution in [2.45, 2.75) is 38.9 Å². The maximum absolute atomic E-state index is 6.06. The van der Waals surface area contributed by atoms with E-state index in [1.807, 2.05) is 0 Å². The van der Waals surface area contributed by atoms with Gasteiger partial charge in [0.15, 0.2) is 0 Å². The first-order chi connectivity index (χ1) is 8.39. The molecule has 94 valence electrons. The Morgan fingerprint density at radius 3 is 2.33 bits per heavy atom. The van der Waals surface area contributed by atoms with Gasteiger partial charge >= 0.3 is 7.12 Å². The highest BCUT2D eigenvalue weighted by atomic mass is 32.1. The molecule has 4 heteroatoms. The largest absolute Gasteiger partial charge is 0.494 e. The molecular formula is C14H17BO2S. The second kappa shape index (κ2) is 3.83. The van der Waals surface area contributed by atoms with Crippen molar-refractivity contribution in [2.24, 2.45) is 0 Å². The van der Waals surface area contributed by atoms with Gasteiger partial charge < -0.3 is 9.31 Å². The zero-order valence-electron chi connectivity index (χ0n) is 11.2. The average Bonchev–Trinajstić information content (AvgIpc) is 2.80. The van der Waals surface area contributed by atoms with E-state index in [9.17, 15) is 0 Å². The number of hydrogen-bond donors (Lipinski definition) is 0. The Hall–Kier alpha value is -0.835. The minimum Gasteiger partial charge on any atom is -0.399 e. The molecule has 2 heterocycles. The van der Waals surface area contributed by atoms with Gasteiger partial charge in [0.1, 0.15) is 0 Å². The normalized spacial score (nSPS) is 21.7. The molecule has 1 aromatic heterocycles. The lowest BCUT2D eigenvalue weighted by Gasteiger charge is -2.32. The molecule has 0 bridgehead atoms. The Bertz CT molecular complexity index is 572. The molecular weight excluding hydrogens is 243 g/mol. The molecule has 0 saturated carbocycles. The molecule has 0 N–H and O–H groups in total. The molecule has 0 unspecified atom stereocenters. The highest BCUT2D eigenvalue weighted by Crippen LogP contribution is 2.36. The van der Waals surface area contributed by atoms with E-state index in [4.69, 9.17) is 9.31 Å². The number of benzene rings is 1. The quantitative estimate of drug-likeness (QED) is 0.733. The molecule has 0 atom stereocenters. The number of fused-ring (bicyclic) bond motifs is 1. The first-order valence-electron chi connectivity index (χ1n) is 6.22. The first kappa shape index (κ1) is 12.2. The summed E-state index contributed by atoms with van der Waals surface area (Å²) in [6, 6.07) is 8.53. The lowest BCUT2D eigenvalue weighted by molar-refractivity contribution is 0.00578. The summed E-state index contributed by atoms with van der Waals surface area (Å²) in [6.07, 6.45) is 0. The summed E-state index contributed by atoms with van der Waals surface area (Å²) in [4.78, 5) is 0. The Morgan fingerprint density at radius 2 is 1.67 bits per heavy atom. The first-order valence-corrected chi connectivity index (χ1v) is 7.10. The zero-order valence-corrected chi connectivity index (χ0v) is 12.0. The molecule has 1 aromatic carbocycles. The van der Waals surface area contributed by atoms with Crippen molar-refractivity contribution in [1.29, 1.82) is 0 Å². The van der Waals surface area contributed by atoms with E-state index in [1.54, 1.807) is 11.3 Å². The van der Waals surface area contributed by atoms with E-state index < -0.39 is 0 Å². The van der Waals surface area contributed by atoms with E-state index in [0.717, 1.165) is 5.46 Å². The van der Waals surface area contributed by atoms with Crippen LogP contribution in [0.4, 0.5) is 0 Å². The second-order valence-electron chi connectivity index (χ2n) is 5.81. The third kappa shape index (κ3) is 1.80. The summed E-state index contributed by atoms with van der Waals surface area (Å²) in [5.74, 6) is 0. The van der Waals surface area contributed by atoms with Gasteiger partial charge in [-0.15, -0.1) is 11.3 Å². The standard InChI is InChI=1S/C14H17BO2S/c1-13(2)14(3,4)17-15(16-13)11-6-5-10-7-8-18-12(10)9-11/h5-9H,1-4H3. The molecule has 1 saturated heterocycles. The van der Waals surface area contributed by atoms with Gasteiger partial charge in [-0.25, -0.2) is 0 Å². The van der Waals surface area contributed by atoms with Crippen molar-refractivity contribution in [3.05, 3.63) is 29.6 Å². The van der Waals surface area contributed by atoms with Gasteiger partial charge in [0.2, 0.25) is 0 Å². The van der Waals surface area contributed by atoms with Crippen LogP contribution < -0.4 is 5.46 Å². The molecule has 1 aliphatic heterocycles. The maximum Gasteiger partial charge on any atom is 0.494 e. The van der Waals surface area contributed by atoms with Crippen molar-refractivity contribution in [3.8, 4) is 0 Å². The summed E-state index contributed by atoms with van der Waals surface area (Å²) < 4.78 is 13.4. The molecule has 0 aliphatic carbocycles. The molecule has 3 rings (SSSR count). The summed E-state index contributed by atoms with van der Waals surface area (Å²) >= 11 is 1.75. The maximum atomic E-state index is 6.06. The van der Waals surface area contributed by atoms with Crippen molar-refractivity contribution >= 4 is 34.0 Å². The second-order valence-corrected chi connectivity index (χ2v) is 6.75. The van der Waals surface area contributed by atoms with Gasteiger partial charge in [-0.1, -0.05) is 12.1 Å². The van der Waals surface area contributed by atoms with Gasteiger partial charge in [0.25, 0.3) is 0 Å². The van der Waals surface area contributed by atoms with Gasteiger partial charge in [0.05, 0.1) is 11.2 Å². The van der Waals surface area contributed by atoms with Crippen LogP contribution in [0.15, 0.2) is 29.6 Å². The molecule has 1 aliphatic rings. The molecule has 0 spiro atoms. The van der Waals surface area contributed by atoms with Crippen LogP contribution in [0.3, 0.4) is 0 Å². The van der Waals surface area contributed by atoms with Crippen LogP contribution in [0.1, 0.15) is 27.7 Å². The van der Waals surface area contributed by atoms with Crippen LogP contribution in [0.25, 0.3) is 10.1 Å². The van der Waals surface area contributed by atoms with Crippen LogP contribution in [-0.4, -0.2) is 18.3 Å². The third-order valence-electron chi connectivity index (χ3n) is 4.01. The summed E-state index contributed by atoms with van der Waals surface area (Å²) in [7, 11) is -0.263. The van der Waals surface area contributed by atoms with Crippen molar-refractivity contribution in [2.75, 3.05) is 0 Å². The summed E-state index contributed by atoms with van der Waals surface area (Å²) in [5.41, 5.74) is 0.549. The summed E-state index contributed by atoms with van der Waals surface area (Å²) in [5, 5.41) is 3.39. The Kier molecular flexibility index (Phi) is 2.60. The molecule has 0 radical (unpaired) electrons. The SMILES string of the molecule is CC1(C)OB(c2ccc3ccsc3c2)OC1(C)C. The number of hydrogen-bond acceptors (Lipinski definition) is 3. The fourth-order valence-electron chi connectivity index (χ4n) is 2.10. The van der Waals surface area contributed by atoms with Crippen molar-refractivity contribution < 1.29 is 9.31 Å². The van der Waals surface area contributed by atoms with E-state index >= 15 is 0 Å².